The molecular formula is C14H20O6S. The summed E-state index contributed by atoms with van der Waals surface area (Å²) in [6.07, 6.45) is -0.375. The first-order chi connectivity index (χ1) is 9.64. The van der Waals surface area contributed by atoms with Gasteiger partial charge in [-0.15, -0.1) is 0 Å². The molecule has 7 heteroatoms. The lowest BCUT2D eigenvalue weighted by molar-refractivity contribution is -0.142. The summed E-state index contributed by atoms with van der Waals surface area (Å²) in [6, 6.07) is 4.31. The second kappa shape index (κ2) is 5.66. The zero-order valence-electron chi connectivity index (χ0n) is 12.2. The molecule has 0 aliphatic carbocycles. The molecule has 1 aliphatic heterocycles. The van der Waals surface area contributed by atoms with Crippen molar-refractivity contribution in [2.75, 3.05) is 13.2 Å². The van der Waals surface area contributed by atoms with E-state index in [1.165, 1.54) is 12.1 Å². The zero-order valence-corrected chi connectivity index (χ0v) is 13.1. The maximum absolute atomic E-state index is 11.3. The molecule has 2 rings (SSSR count). The molecule has 0 bridgehead atoms. The predicted octanol–water partition coefficient (Wildman–Crippen LogP) is 1.47. The number of hydrogen-bond donors (Lipinski definition) is 2. The average molecular weight is 316 g/mol. The van der Waals surface area contributed by atoms with Crippen LogP contribution in [0.4, 0.5) is 0 Å². The van der Waals surface area contributed by atoms with Crippen LogP contribution in [0.15, 0.2) is 23.1 Å². The van der Waals surface area contributed by atoms with E-state index in [0.29, 0.717) is 12.2 Å². The van der Waals surface area contributed by atoms with Crippen LogP contribution in [0, 0.1) is 6.92 Å². The van der Waals surface area contributed by atoms with Gasteiger partial charge < -0.3 is 14.6 Å². The SMILES string of the molecule is Cc1ccc(S(=O)(=O)O)cc1C(CO)C1COC(C)(C)O1. The largest absolute Gasteiger partial charge is 0.396 e. The number of hydrogen-bond acceptors (Lipinski definition) is 5. The van der Waals surface area contributed by atoms with Gasteiger partial charge >= 0.3 is 0 Å². The van der Waals surface area contributed by atoms with Crippen LogP contribution in [0.1, 0.15) is 30.9 Å². The van der Waals surface area contributed by atoms with E-state index in [-0.39, 0.29) is 17.6 Å². The molecule has 1 fully saturated rings. The normalized spacial score (nSPS) is 23.2. The smallest absolute Gasteiger partial charge is 0.294 e. The molecule has 2 unspecified atom stereocenters. The topological polar surface area (TPSA) is 93.1 Å². The van der Waals surface area contributed by atoms with Gasteiger partial charge in [0, 0.05) is 5.92 Å². The third kappa shape index (κ3) is 3.61. The summed E-state index contributed by atoms with van der Waals surface area (Å²) in [6.45, 7) is 5.48. The Morgan fingerprint density at radius 1 is 1.43 bits per heavy atom. The molecule has 1 aromatic rings. The van der Waals surface area contributed by atoms with E-state index in [1.54, 1.807) is 19.9 Å². The van der Waals surface area contributed by atoms with Crippen LogP contribution in [0.5, 0.6) is 0 Å². The highest BCUT2D eigenvalue weighted by atomic mass is 32.2. The van der Waals surface area contributed by atoms with Gasteiger partial charge in [-0.1, -0.05) is 6.07 Å². The van der Waals surface area contributed by atoms with Crippen molar-refractivity contribution in [1.82, 2.24) is 0 Å². The summed E-state index contributed by atoms with van der Waals surface area (Å²) in [5.74, 6) is -1.15. The highest BCUT2D eigenvalue weighted by Crippen LogP contribution is 2.34. The van der Waals surface area contributed by atoms with E-state index in [4.69, 9.17) is 14.0 Å². The summed E-state index contributed by atoms with van der Waals surface area (Å²) in [5.41, 5.74) is 1.44. The Hall–Kier alpha value is -0.990. The first kappa shape index (κ1) is 16.4. The Morgan fingerprint density at radius 2 is 2.10 bits per heavy atom. The van der Waals surface area contributed by atoms with E-state index >= 15 is 0 Å². The van der Waals surface area contributed by atoms with Crippen molar-refractivity contribution in [3.8, 4) is 0 Å². The second-order valence-corrected chi connectivity index (χ2v) is 7.07. The van der Waals surface area contributed by atoms with E-state index in [2.05, 4.69) is 0 Å². The summed E-state index contributed by atoms with van der Waals surface area (Å²) in [4.78, 5) is -0.195. The van der Waals surface area contributed by atoms with Gasteiger partial charge in [-0.3, -0.25) is 4.55 Å². The van der Waals surface area contributed by atoms with Crippen LogP contribution in [-0.4, -0.2) is 43.2 Å². The molecule has 0 amide bonds. The van der Waals surface area contributed by atoms with Crippen molar-refractivity contribution in [3.63, 3.8) is 0 Å². The Balaban J connectivity index is 2.39. The number of aliphatic hydroxyl groups excluding tert-OH is 1. The standard InChI is InChI=1S/C14H20O6S/c1-9-4-5-10(21(16,17)18)6-11(9)12(7-15)13-8-19-14(2,3)20-13/h4-6,12-13,15H,7-8H2,1-3H3,(H,16,17,18). The maximum atomic E-state index is 11.3. The third-order valence-electron chi connectivity index (χ3n) is 3.62. The van der Waals surface area contributed by atoms with Gasteiger partial charge in [-0.05, 0) is 44.0 Å². The molecule has 0 radical (unpaired) electrons. The maximum Gasteiger partial charge on any atom is 0.294 e. The zero-order chi connectivity index (χ0) is 15.8. The van der Waals surface area contributed by atoms with Crippen LogP contribution in [-0.2, 0) is 19.6 Å². The minimum atomic E-state index is -4.28. The van der Waals surface area contributed by atoms with Crippen LogP contribution in [0.2, 0.25) is 0 Å². The molecule has 1 saturated heterocycles. The fourth-order valence-corrected chi connectivity index (χ4v) is 3.02. The number of benzene rings is 1. The molecule has 118 valence electrons. The Bertz CT molecular complexity index is 622. The summed E-state index contributed by atoms with van der Waals surface area (Å²) in [5, 5.41) is 9.68. The lowest BCUT2D eigenvalue weighted by Gasteiger charge is -2.24. The molecule has 1 aliphatic rings. The number of aliphatic hydroxyl groups is 1. The van der Waals surface area contributed by atoms with E-state index in [9.17, 15) is 13.5 Å². The molecular weight excluding hydrogens is 296 g/mol. The first-order valence-electron chi connectivity index (χ1n) is 6.65. The van der Waals surface area contributed by atoms with Gasteiger partial charge in [0.15, 0.2) is 5.79 Å². The molecule has 0 aromatic heterocycles. The molecule has 2 N–H and O–H groups in total. The third-order valence-corrected chi connectivity index (χ3v) is 4.47. The van der Waals surface area contributed by atoms with Crippen molar-refractivity contribution in [2.45, 2.75) is 43.5 Å². The van der Waals surface area contributed by atoms with Gasteiger partial charge in [0.2, 0.25) is 0 Å². The molecule has 1 heterocycles. The molecule has 6 nitrogen and oxygen atoms in total. The minimum absolute atomic E-state index is 0.195. The van der Waals surface area contributed by atoms with Crippen LogP contribution in [0.3, 0.4) is 0 Å². The molecule has 0 spiro atoms. The van der Waals surface area contributed by atoms with E-state index in [0.717, 1.165) is 5.56 Å². The lowest BCUT2D eigenvalue weighted by atomic mass is 9.91. The van der Waals surface area contributed by atoms with Crippen molar-refractivity contribution in [3.05, 3.63) is 29.3 Å². The van der Waals surface area contributed by atoms with Gasteiger partial charge in [0.1, 0.15) is 0 Å². The van der Waals surface area contributed by atoms with Gasteiger partial charge in [0.25, 0.3) is 10.1 Å². The van der Waals surface area contributed by atoms with Gasteiger partial charge in [0.05, 0.1) is 24.2 Å². The number of ether oxygens (including phenoxy) is 2. The van der Waals surface area contributed by atoms with Crippen LogP contribution in [0.25, 0.3) is 0 Å². The first-order valence-corrected chi connectivity index (χ1v) is 8.09. The van der Waals surface area contributed by atoms with Crippen molar-refractivity contribution >= 4 is 10.1 Å². The van der Waals surface area contributed by atoms with Crippen molar-refractivity contribution < 1.29 is 27.6 Å². The second-order valence-electron chi connectivity index (χ2n) is 5.65. The van der Waals surface area contributed by atoms with Crippen LogP contribution >= 0.6 is 0 Å². The summed E-state index contributed by atoms with van der Waals surface area (Å²) >= 11 is 0. The Morgan fingerprint density at radius 3 is 2.57 bits per heavy atom. The highest BCUT2D eigenvalue weighted by molar-refractivity contribution is 7.85. The van der Waals surface area contributed by atoms with Crippen LogP contribution < -0.4 is 0 Å². The number of rotatable bonds is 4. The Kier molecular flexibility index (Phi) is 4.41. The summed E-state index contributed by atoms with van der Waals surface area (Å²) < 4.78 is 42.9. The molecule has 0 saturated carbocycles. The monoisotopic (exact) mass is 316 g/mol. The minimum Gasteiger partial charge on any atom is -0.396 e. The predicted molar refractivity (Wildman–Crippen MR) is 75.7 cm³/mol. The lowest BCUT2D eigenvalue weighted by Crippen LogP contribution is -2.28. The summed E-state index contributed by atoms with van der Waals surface area (Å²) in [7, 11) is -4.28. The van der Waals surface area contributed by atoms with Gasteiger partial charge in [-0.25, -0.2) is 0 Å². The van der Waals surface area contributed by atoms with Crippen molar-refractivity contribution in [2.24, 2.45) is 0 Å². The fourth-order valence-electron chi connectivity index (χ4n) is 2.51. The quantitative estimate of drug-likeness (QED) is 0.817. The van der Waals surface area contributed by atoms with E-state index < -0.39 is 21.8 Å². The Labute approximate surface area is 124 Å². The fraction of sp³-hybridized carbons (Fsp3) is 0.571. The molecule has 1 aromatic carbocycles. The molecule has 21 heavy (non-hydrogen) atoms. The highest BCUT2D eigenvalue weighted by Gasteiger charge is 2.38. The van der Waals surface area contributed by atoms with E-state index in [1.807, 2.05) is 6.92 Å². The molecule has 2 atom stereocenters. The number of aryl methyl sites for hydroxylation is 1. The van der Waals surface area contributed by atoms with Gasteiger partial charge in [-0.2, -0.15) is 8.42 Å². The van der Waals surface area contributed by atoms with Crippen molar-refractivity contribution in [1.29, 1.82) is 0 Å². The average Bonchev–Trinajstić information content (AvgIpc) is 2.71.